The number of hydrogen-bond acceptors (Lipinski definition) is 4. The van der Waals surface area contributed by atoms with E-state index >= 15 is 0 Å². The van der Waals surface area contributed by atoms with E-state index in [2.05, 4.69) is 15.5 Å². The zero-order valence-corrected chi connectivity index (χ0v) is 12.2. The lowest BCUT2D eigenvalue weighted by Gasteiger charge is -2.13. The molecule has 1 aliphatic heterocycles. The number of halogens is 1. The molecule has 1 N–H and O–H groups in total. The van der Waals surface area contributed by atoms with Gasteiger partial charge in [0.1, 0.15) is 0 Å². The first-order valence-electron chi connectivity index (χ1n) is 6.60. The molecule has 110 valence electrons. The van der Waals surface area contributed by atoms with Gasteiger partial charge in [-0.3, -0.25) is 9.79 Å². The Balaban J connectivity index is 1.73. The summed E-state index contributed by atoms with van der Waals surface area (Å²) in [6.07, 6.45) is 1.75. The Hall–Kier alpha value is -2.66. The fourth-order valence-electron chi connectivity index (χ4n) is 1.88. The van der Waals surface area contributed by atoms with Crippen molar-refractivity contribution in [1.29, 1.82) is 0 Å². The van der Waals surface area contributed by atoms with Crippen LogP contribution in [-0.4, -0.2) is 24.6 Å². The molecule has 0 aromatic heterocycles. The molecule has 0 saturated heterocycles. The van der Waals surface area contributed by atoms with Gasteiger partial charge >= 0.3 is 0 Å². The Morgan fingerprint density at radius 3 is 2.73 bits per heavy atom. The van der Waals surface area contributed by atoms with Gasteiger partial charge in [-0.25, -0.2) is 5.43 Å². The molecule has 5 nitrogen and oxygen atoms in total. The average Bonchev–Trinajstić information content (AvgIpc) is 2.54. The second-order valence-electron chi connectivity index (χ2n) is 4.60. The highest BCUT2D eigenvalue weighted by Crippen LogP contribution is 2.17. The van der Waals surface area contributed by atoms with Gasteiger partial charge in [0, 0.05) is 16.8 Å². The number of amides is 1. The molecule has 3 rings (SSSR count). The average molecular weight is 314 g/mol. The maximum absolute atomic E-state index is 11.0. The number of ether oxygens (including phenoxy) is 1. The van der Waals surface area contributed by atoms with Crippen molar-refractivity contribution >= 4 is 35.3 Å². The minimum atomic E-state index is -0.256. The molecule has 0 unspecified atom stereocenters. The predicted molar refractivity (Wildman–Crippen MR) is 85.8 cm³/mol. The molecular formula is C16H12ClN3O2. The highest BCUT2D eigenvalue weighted by Gasteiger charge is 2.13. The highest BCUT2D eigenvalue weighted by atomic mass is 35.5. The van der Waals surface area contributed by atoms with Crippen molar-refractivity contribution in [3.05, 3.63) is 64.7 Å². The summed E-state index contributed by atoms with van der Waals surface area (Å²) in [5.41, 5.74) is 4.90. The van der Waals surface area contributed by atoms with Crippen LogP contribution >= 0.6 is 11.6 Å². The van der Waals surface area contributed by atoms with Gasteiger partial charge in [-0.05, 0) is 35.9 Å². The van der Waals surface area contributed by atoms with Crippen LogP contribution in [0.5, 0.6) is 0 Å². The van der Waals surface area contributed by atoms with Gasteiger partial charge in [-0.1, -0.05) is 29.8 Å². The van der Waals surface area contributed by atoms with E-state index in [9.17, 15) is 4.79 Å². The van der Waals surface area contributed by atoms with E-state index in [0.717, 1.165) is 16.8 Å². The van der Waals surface area contributed by atoms with Crippen LogP contribution in [-0.2, 0) is 9.53 Å². The van der Waals surface area contributed by atoms with Crippen LogP contribution in [0.4, 0.5) is 5.69 Å². The normalized spacial score (nSPS) is 14.4. The van der Waals surface area contributed by atoms with E-state index in [1.54, 1.807) is 18.3 Å². The molecule has 0 aliphatic carbocycles. The number of carbonyl (C=O) groups excluding carboxylic acids is 1. The first-order chi connectivity index (χ1) is 10.7. The second-order valence-corrected chi connectivity index (χ2v) is 5.04. The molecule has 2 aromatic carbocycles. The third-order valence-corrected chi connectivity index (χ3v) is 3.19. The van der Waals surface area contributed by atoms with Crippen LogP contribution in [0.15, 0.2) is 58.6 Å². The lowest BCUT2D eigenvalue weighted by molar-refractivity contribution is -0.124. The zero-order valence-electron chi connectivity index (χ0n) is 11.5. The van der Waals surface area contributed by atoms with Gasteiger partial charge in [-0.15, -0.1) is 5.10 Å². The number of rotatable bonds is 3. The van der Waals surface area contributed by atoms with Gasteiger partial charge in [0.2, 0.25) is 5.90 Å². The first-order valence-corrected chi connectivity index (χ1v) is 6.98. The first kappa shape index (κ1) is 14.3. The van der Waals surface area contributed by atoms with E-state index in [-0.39, 0.29) is 12.5 Å². The molecule has 2 aromatic rings. The Bertz CT molecular complexity index is 754. The number of nitrogens with zero attached hydrogens (tertiary/aromatic N) is 2. The molecule has 22 heavy (non-hydrogen) atoms. The highest BCUT2D eigenvalue weighted by molar-refractivity contribution is 6.30. The Kier molecular flexibility index (Phi) is 4.16. The van der Waals surface area contributed by atoms with E-state index in [0.29, 0.717) is 10.9 Å². The van der Waals surface area contributed by atoms with Crippen molar-refractivity contribution in [2.24, 2.45) is 10.1 Å². The monoisotopic (exact) mass is 313 g/mol. The largest absolute Gasteiger partial charge is 0.466 e. The minimum absolute atomic E-state index is 0.0171. The summed E-state index contributed by atoms with van der Waals surface area (Å²) >= 11 is 5.91. The number of carbonyl (C=O) groups is 1. The maximum atomic E-state index is 11.0. The zero-order chi connectivity index (χ0) is 15.4. The lowest BCUT2D eigenvalue weighted by Crippen LogP contribution is -2.32. The molecular weight excluding hydrogens is 302 g/mol. The number of aliphatic imine (C=N–C) groups is 1. The number of benzene rings is 2. The van der Waals surface area contributed by atoms with E-state index in [4.69, 9.17) is 16.3 Å². The van der Waals surface area contributed by atoms with Crippen LogP contribution in [0.2, 0.25) is 5.02 Å². The standard InChI is InChI=1S/C16H12ClN3O2/c17-13-2-1-3-14(8-13)18-9-11-4-6-12(7-5-11)16-20-19-15(21)10-22-16/h1-9H,10H2,(H,19,21). The molecule has 0 radical (unpaired) electrons. The third-order valence-electron chi connectivity index (χ3n) is 2.95. The fourth-order valence-corrected chi connectivity index (χ4v) is 2.06. The summed E-state index contributed by atoms with van der Waals surface area (Å²) in [6, 6.07) is 14.8. The molecule has 0 bridgehead atoms. The van der Waals surface area contributed by atoms with Crippen LogP contribution in [0.25, 0.3) is 0 Å². The van der Waals surface area contributed by atoms with Gasteiger partial charge < -0.3 is 4.74 Å². The van der Waals surface area contributed by atoms with Crippen molar-refractivity contribution in [2.75, 3.05) is 6.61 Å². The molecule has 0 spiro atoms. The topological polar surface area (TPSA) is 63.0 Å². The summed E-state index contributed by atoms with van der Waals surface area (Å²) in [5.74, 6) is 0.145. The van der Waals surface area contributed by atoms with Crippen molar-refractivity contribution in [3.63, 3.8) is 0 Å². The van der Waals surface area contributed by atoms with Gasteiger partial charge in [-0.2, -0.15) is 0 Å². The summed E-state index contributed by atoms with van der Waals surface area (Å²) in [4.78, 5) is 15.3. The quantitative estimate of drug-likeness (QED) is 0.886. The minimum Gasteiger partial charge on any atom is -0.466 e. The van der Waals surface area contributed by atoms with Gasteiger partial charge in [0.05, 0.1) is 5.69 Å². The molecule has 0 atom stereocenters. The summed E-state index contributed by atoms with van der Waals surface area (Å²) in [7, 11) is 0. The van der Waals surface area contributed by atoms with E-state index in [1.807, 2.05) is 36.4 Å². The van der Waals surface area contributed by atoms with Crippen LogP contribution in [0.1, 0.15) is 11.1 Å². The van der Waals surface area contributed by atoms with Gasteiger partial charge in [0.15, 0.2) is 6.61 Å². The lowest BCUT2D eigenvalue weighted by atomic mass is 10.1. The number of hydrogen-bond donors (Lipinski definition) is 1. The molecule has 6 heteroatoms. The second kappa shape index (κ2) is 6.41. The van der Waals surface area contributed by atoms with Crippen molar-refractivity contribution in [2.45, 2.75) is 0 Å². The Morgan fingerprint density at radius 2 is 2.05 bits per heavy atom. The molecule has 1 aliphatic rings. The molecule has 1 heterocycles. The van der Waals surface area contributed by atoms with Crippen molar-refractivity contribution in [1.82, 2.24) is 5.43 Å². The van der Waals surface area contributed by atoms with E-state index < -0.39 is 0 Å². The van der Waals surface area contributed by atoms with E-state index in [1.165, 1.54) is 0 Å². The maximum Gasteiger partial charge on any atom is 0.278 e. The van der Waals surface area contributed by atoms with Crippen LogP contribution in [0, 0.1) is 0 Å². The number of nitrogens with one attached hydrogen (secondary N) is 1. The smallest absolute Gasteiger partial charge is 0.278 e. The molecule has 1 amide bonds. The van der Waals surface area contributed by atoms with Crippen molar-refractivity contribution in [3.8, 4) is 0 Å². The van der Waals surface area contributed by atoms with Crippen LogP contribution < -0.4 is 5.43 Å². The summed E-state index contributed by atoms with van der Waals surface area (Å²) in [5, 5.41) is 4.51. The molecule has 0 saturated carbocycles. The molecule has 0 fully saturated rings. The van der Waals surface area contributed by atoms with Crippen molar-refractivity contribution < 1.29 is 9.53 Å². The summed E-state index contributed by atoms with van der Waals surface area (Å²) < 4.78 is 5.25. The fraction of sp³-hybridized carbons (Fsp3) is 0.0625. The van der Waals surface area contributed by atoms with Gasteiger partial charge in [0.25, 0.3) is 5.91 Å². The van der Waals surface area contributed by atoms with Crippen LogP contribution in [0.3, 0.4) is 0 Å². The summed E-state index contributed by atoms with van der Waals surface area (Å²) in [6.45, 7) is -0.0171. The Morgan fingerprint density at radius 1 is 1.23 bits per heavy atom. The SMILES string of the molecule is O=C1COC(c2ccc(C=Nc3cccc(Cl)c3)cc2)=NN1. The Labute approximate surface area is 132 Å². The number of hydrazone groups is 1. The third kappa shape index (κ3) is 3.51. The predicted octanol–water partition coefficient (Wildman–Crippen LogP) is 2.90.